The summed E-state index contributed by atoms with van der Waals surface area (Å²) in [6, 6.07) is 3.69. The molecule has 1 aromatic heterocycles. The number of nitrogens with one attached hydrogen (secondary N) is 1. The van der Waals surface area contributed by atoms with Crippen molar-refractivity contribution in [1.82, 2.24) is 20.0 Å². The molecular weight excluding hydrogens is 366 g/mol. The van der Waals surface area contributed by atoms with Crippen molar-refractivity contribution in [3.63, 3.8) is 0 Å². The van der Waals surface area contributed by atoms with E-state index in [9.17, 15) is 13.6 Å². The summed E-state index contributed by atoms with van der Waals surface area (Å²) < 4.78 is 33.1. The zero-order valence-electron chi connectivity index (χ0n) is 15.6. The molecule has 0 spiro atoms. The average molecular weight is 390 g/mol. The Hall–Kier alpha value is -2.32. The summed E-state index contributed by atoms with van der Waals surface area (Å²) in [5.41, 5.74) is 1.48. The van der Waals surface area contributed by atoms with Gasteiger partial charge in [-0.3, -0.25) is 14.8 Å². The summed E-state index contributed by atoms with van der Waals surface area (Å²) in [5.74, 6) is -0.817. The first-order chi connectivity index (χ1) is 13.6. The second kappa shape index (κ2) is 8.36. The molecule has 2 aromatic rings. The number of hydrogen-bond donors (Lipinski definition) is 1. The van der Waals surface area contributed by atoms with E-state index in [1.165, 1.54) is 12.1 Å². The molecule has 28 heavy (non-hydrogen) atoms. The number of rotatable bonds is 5. The first-order valence-electron chi connectivity index (χ1n) is 9.59. The number of carbonyl (C=O) groups excluding carboxylic acids is 1. The fourth-order valence-corrected chi connectivity index (χ4v) is 4.02. The van der Waals surface area contributed by atoms with Gasteiger partial charge in [-0.2, -0.15) is 5.10 Å². The van der Waals surface area contributed by atoms with Crippen LogP contribution >= 0.6 is 0 Å². The molecule has 2 bridgehead atoms. The summed E-state index contributed by atoms with van der Waals surface area (Å²) in [4.78, 5) is 16.8. The molecule has 2 aliphatic heterocycles. The van der Waals surface area contributed by atoms with Gasteiger partial charge >= 0.3 is 0 Å². The van der Waals surface area contributed by atoms with Gasteiger partial charge in [-0.1, -0.05) is 6.07 Å². The molecule has 0 radical (unpaired) electrons. The van der Waals surface area contributed by atoms with Crippen LogP contribution in [0.1, 0.15) is 17.5 Å². The maximum atomic E-state index is 14.1. The number of aromatic nitrogens is 2. The van der Waals surface area contributed by atoms with Crippen molar-refractivity contribution in [2.75, 3.05) is 32.8 Å². The van der Waals surface area contributed by atoms with E-state index in [4.69, 9.17) is 4.74 Å². The summed E-state index contributed by atoms with van der Waals surface area (Å²) >= 11 is 0. The third-order valence-corrected chi connectivity index (χ3v) is 5.51. The van der Waals surface area contributed by atoms with Crippen LogP contribution in [-0.2, 0) is 22.5 Å². The van der Waals surface area contributed by atoms with E-state index in [1.54, 1.807) is 12.4 Å². The number of nitrogens with zero attached hydrogens (tertiary/aromatic N) is 3. The summed E-state index contributed by atoms with van der Waals surface area (Å²) in [6.07, 6.45) is 4.63. The average Bonchev–Trinajstić information content (AvgIpc) is 3.02. The second-order valence-corrected chi connectivity index (χ2v) is 7.63. The topological polar surface area (TPSA) is 61.5 Å². The molecule has 0 unspecified atom stereocenters. The molecule has 1 N–H and O–H groups in total. The fraction of sp³-hybridized carbons (Fsp3) is 0.500. The Morgan fingerprint density at radius 2 is 2.14 bits per heavy atom. The molecule has 2 aliphatic rings. The molecule has 150 valence electrons. The van der Waals surface area contributed by atoms with Gasteiger partial charge in [-0.05, 0) is 18.1 Å². The van der Waals surface area contributed by atoms with Crippen molar-refractivity contribution in [3.05, 3.63) is 53.4 Å². The largest absolute Gasteiger partial charge is 0.379 e. The minimum absolute atomic E-state index is 0.00479. The second-order valence-electron chi connectivity index (χ2n) is 7.63. The summed E-state index contributed by atoms with van der Waals surface area (Å²) in [5, 5.41) is 6.67. The Kier molecular flexibility index (Phi) is 5.68. The number of hydrogen-bond acceptors (Lipinski definition) is 4. The van der Waals surface area contributed by atoms with Crippen LogP contribution in [0.2, 0.25) is 0 Å². The molecule has 2 atom stereocenters. The molecule has 6 nitrogen and oxygen atoms in total. The number of benzene rings is 1. The summed E-state index contributed by atoms with van der Waals surface area (Å²) in [6.45, 7) is 3.41. The van der Waals surface area contributed by atoms with Crippen LogP contribution in [0.15, 0.2) is 30.6 Å². The highest BCUT2D eigenvalue weighted by Gasteiger charge is 2.35. The van der Waals surface area contributed by atoms with E-state index in [1.807, 2.05) is 4.90 Å². The molecule has 8 heteroatoms. The maximum absolute atomic E-state index is 14.1. The van der Waals surface area contributed by atoms with Gasteiger partial charge in [-0.25, -0.2) is 8.78 Å². The van der Waals surface area contributed by atoms with Crippen LogP contribution in [0.4, 0.5) is 8.78 Å². The van der Waals surface area contributed by atoms with Crippen LogP contribution < -0.4 is 0 Å². The number of ether oxygens (including phenoxy) is 1. The SMILES string of the molecule is O=C(CCc1cn[nH]c1)N1C[C@@H]2COC[C@H](C1)N(Cc1ccc(F)cc1F)C2. The summed E-state index contributed by atoms with van der Waals surface area (Å²) in [7, 11) is 0. The van der Waals surface area contributed by atoms with E-state index in [0.29, 0.717) is 51.3 Å². The molecule has 1 amide bonds. The standard InChI is InChI=1S/C20H24F2N4O2/c21-17-3-2-16(19(22)5-17)10-25-8-15-9-26(11-18(25)13-28-12-15)20(27)4-1-14-6-23-24-7-14/h2-3,5-7,15,18H,1,4,8-13H2,(H,23,24)/t15-,18+/m1/s1. The third kappa shape index (κ3) is 4.39. The lowest BCUT2D eigenvalue weighted by molar-refractivity contribution is -0.133. The fourth-order valence-electron chi connectivity index (χ4n) is 4.02. The monoisotopic (exact) mass is 390 g/mol. The van der Waals surface area contributed by atoms with E-state index >= 15 is 0 Å². The minimum Gasteiger partial charge on any atom is -0.379 e. The molecule has 2 fully saturated rings. The van der Waals surface area contributed by atoms with Gasteiger partial charge in [0.1, 0.15) is 11.6 Å². The number of H-pyrrole nitrogens is 1. The van der Waals surface area contributed by atoms with Crippen LogP contribution in [0.3, 0.4) is 0 Å². The molecule has 0 saturated carbocycles. The van der Waals surface area contributed by atoms with Crippen molar-refractivity contribution in [1.29, 1.82) is 0 Å². The molecule has 3 heterocycles. The van der Waals surface area contributed by atoms with Gasteiger partial charge in [-0.15, -0.1) is 0 Å². The number of carbonyl (C=O) groups is 1. The lowest BCUT2D eigenvalue weighted by Gasteiger charge is -2.31. The van der Waals surface area contributed by atoms with Crippen molar-refractivity contribution >= 4 is 5.91 Å². The first-order valence-corrected chi connectivity index (χ1v) is 9.59. The number of halogens is 2. The van der Waals surface area contributed by atoms with E-state index in [2.05, 4.69) is 15.1 Å². The highest BCUT2D eigenvalue weighted by molar-refractivity contribution is 5.76. The van der Waals surface area contributed by atoms with Crippen molar-refractivity contribution in [3.8, 4) is 0 Å². The first kappa shape index (κ1) is 19.0. The molecular formula is C20H24F2N4O2. The van der Waals surface area contributed by atoms with Crippen molar-refractivity contribution < 1.29 is 18.3 Å². The van der Waals surface area contributed by atoms with E-state index in [0.717, 1.165) is 18.2 Å². The molecule has 0 aliphatic carbocycles. The number of aromatic amines is 1. The van der Waals surface area contributed by atoms with Crippen molar-refractivity contribution in [2.45, 2.75) is 25.4 Å². The maximum Gasteiger partial charge on any atom is 0.222 e. The normalized spacial score (nSPS) is 22.9. The van der Waals surface area contributed by atoms with Gasteiger partial charge in [0.25, 0.3) is 0 Å². The highest BCUT2D eigenvalue weighted by atomic mass is 19.1. The Bertz CT molecular complexity index is 815. The molecule has 2 saturated heterocycles. The van der Waals surface area contributed by atoms with E-state index in [-0.39, 0.29) is 17.9 Å². The quantitative estimate of drug-likeness (QED) is 0.848. The molecule has 4 rings (SSSR count). The van der Waals surface area contributed by atoms with Gasteiger partial charge in [0.05, 0.1) is 25.5 Å². The Balaban J connectivity index is 1.43. The van der Waals surface area contributed by atoms with Gasteiger partial charge in [0.2, 0.25) is 5.91 Å². The number of amides is 1. The predicted molar refractivity (Wildman–Crippen MR) is 98.4 cm³/mol. The lowest BCUT2D eigenvalue weighted by Crippen LogP contribution is -2.45. The zero-order valence-corrected chi connectivity index (χ0v) is 15.6. The smallest absolute Gasteiger partial charge is 0.222 e. The Labute approximate surface area is 162 Å². The zero-order chi connectivity index (χ0) is 19.5. The Morgan fingerprint density at radius 3 is 2.93 bits per heavy atom. The molecule has 1 aromatic carbocycles. The number of aryl methyl sites for hydroxylation is 1. The van der Waals surface area contributed by atoms with Crippen LogP contribution in [-0.4, -0.2) is 64.8 Å². The lowest BCUT2D eigenvalue weighted by atomic mass is 10.1. The van der Waals surface area contributed by atoms with Gasteiger partial charge in [0.15, 0.2) is 0 Å². The van der Waals surface area contributed by atoms with Crippen LogP contribution in [0.5, 0.6) is 0 Å². The van der Waals surface area contributed by atoms with Crippen LogP contribution in [0.25, 0.3) is 0 Å². The van der Waals surface area contributed by atoms with Crippen molar-refractivity contribution in [2.24, 2.45) is 5.92 Å². The predicted octanol–water partition coefficient (Wildman–Crippen LogP) is 1.98. The van der Waals surface area contributed by atoms with E-state index < -0.39 is 11.6 Å². The Morgan fingerprint density at radius 1 is 1.25 bits per heavy atom. The minimum atomic E-state index is -0.575. The van der Waals surface area contributed by atoms with Gasteiger partial charge < -0.3 is 9.64 Å². The van der Waals surface area contributed by atoms with Crippen LogP contribution in [0, 0.1) is 17.6 Å². The number of fused-ring (bicyclic) bond motifs is 3. The van der Waals surface area contributed by atoms with Gasteiger partial charge in [0, 0.05) is 56.3 Å². The third-order valence-electron chi connectivity index (χ3n) is 5.51. The highest BCUT2D eigenvalue weighted by Crippen LogP contribution is 2.23.